The first-order valence-corrected chi connectivity index (χ1v) is 7.43. The number of carbonyl (C=O) groups is 1. The quantitative estimate of drug-likeness (QED) is 0.941. The van der Waals surface area contributed by atoms with Gasteiger partial charge in [0.25, 0.3) is 0 Å². The number of aromatic hydroxyl groups is 1. The molecule has 0 saturated carbocycles. The van der Waals surface area contributed by atoms with Gasteiger partial charge in [0, 0.05) is 24.4 Å². The van der Waals surface area contributed by atoms with E-state index in [0.717, 1.165) is 49.1 Å². The van der Waals surface area contributed by atoms with Crippen molar-refractivity contribution in [1.29, 1.82) is 0 Å². The molecule has 1 saturated heterocycles. The van der Waals surface area contributed by atoms with Crippen molar-refractivity contribution >= 4 is 16.7 Å². The van der Waals surface area contributed by atoms with Gasteiger partial charge in [-0.15, -0.1) is 0 Å². The molecule has 1 N–H and O–H groups in total. The second-order valence-electron chi connectivity index (χ2n) is 5.86. The molecule has 1 aromatic heterocycles. The Balaban J connectivity index is 1.75. The van der Waals surface area contributed by atoms with E-state index in [2.05, 4.69) is 9.88 Å². The number of fused-ring (bicyclic) bond motifs is 1. The van der Waals surface area contributed by atoms with Gasteiger partial charge < -0.3 is 5.11 Å². The number of phenols is 1. The highest BCUT2D eigenvalue weighted by Crippen LogP contribution is 2.21. The number of piperidine rings is 1. The van der Waals surface area contributed by atoms with E-state index in [1.54, 1.807) is 19.1 Å². The molecule has 3 rings (SSSR count). The molecular formula is C17H20N2O2. The van der Waals surface area contributed by atoms with Crippen molar-refractivity contribution in [2.75, 3.05) is 13.1 Å². The molecule has 2 heterocycles. The van der Waals surface area contributed by atoms with Gasteiger partial charge in [0.2, 0.25) is 0 Å². The summed E-state index contributed by atoms with van der Waals surface area (Å²) in [7, 11) is 0. The lowest BCUT2D eigenvalue weighted by Crippen LogP contribution is -2.37. The third kappa shape index (κ3) is 3.22. The molecule has 1 aliphatic rings. The van der Waals surface area contributed by atoms with Crippen LogP contribution >= 0.6 is 0 Å². The molecule has 0 aliphatic carbocycles. The van der Waals surface area contributed by atoms with E-state index in [-0.39, 0.29) is 11.7 Å². The first-order valence-electron chi connectivity index (χ1n) is 7.43. The molecule has 21 heavy (non-hydrogen) atoms. The number of hydrogen-bond donors (Lipinski definition) is 1. The molecule has 4 heteroatoms. The van der Waals surface area contributed by atoms with Gasteiger partial charge in [0.1, 0.15) is 11.5 Å². The van der Waals surface area contributed by atoms with Crippen molar-refractivity contribution < 1.29 is 9.90 Å². The SMILES string of the molecule is CC(=O)C1CCCN(Cc2ccc3cc(O)ccc3n2)C1. The largest absolute Gasteiger partial charge is 0.508 e. The summed E-state index contributed by atoms with van der Waals surface area (Å²) in [5.74, 6) is 0.732. The standard InChI is InChI=1S/C17H20N2O2/c1-12(20)14-3-2-8-19(10-14)11-15-5-4-13-9-16(21)6-7-17(13)18-15/h4-7,9,14,21H,2-3,8,10-11H2,1H3. The van der Waals surface area contributed by atoms with Crippen LogP contribution in [-0.4, -0.2) is 33.9 Å². The summed E-state index contributed by atoms with van der Waals surface area (Å²) in [5, 5.41) is 10.4. The van der Waals surface area contributed by atoms with Crippen molar-refractivity contribution in [2.24, 2.45) is 5.92 Å². The highest BCUT2D eigenvalue weighted by atomic mass is 16.3. The van der Waals surface area contributed by atoms with E-state index in [9.17, 15) is 9.90 Å². The zero-order valence-electron chi connectivity index (χ0n) is 12.2. The average Bonchev–Trinajstić information content (AvgIpc) is 2.48. The summed E-state index contributed by atoms with van der Waals surface area (Å²) in [6, 6.07) is 9.20. The van der Waals surface area contributed by atoms with Crippen LogP contribution in [0, 0.1) is 5.92 Å². The molecule has 0 bridgehead atoms. The topological polar surface area (TPSA) is 53.4 Å². The lowest BCUT2D eigenvalue weighted by atomic mass is 9.94. The summed E-state index contributed by atoms with van der Waals surface area (Å²) in [6.07, 6.45) is 2.09. The highest BCUT2D eigenvalue weighted by molar-refractivity contribution is 5.80. The molecule has 1 fully saturated rings. The van der Waals surface area contributed by atoms with Gasteiger partial charge in [-0.1, -0.05) is 6.07 Å². The number of phenolic OH excluding ortho intramolecular Hbond substituents is 1. The molecule has 0 radical (unpaired) electrons. The van der Waals surface area contributed by atoms with E-state index in [1.807, 2.05) is 18.2 Å². The number of rotatable bonds is 3. The second-order valence-corrected chi connectivity index (χ2v) is 5.86. The number of aromatic nitrogens is 1. The maximum Gasteiger partial charge on any atom is 0.134 e. The molecule has 1 unspecified atom stereocenters. The molecule has 0 spiro atoms. The zero-order chi connectivity index (χ0) is 14.8. The first-order chi connectivity index (χ1) is 10.1. The van der Waals surface area contributed by atoms with Crippen LogP contribution in [0.2, 0.25) is 0 Å². The molecule has 1 aliphatic heterocycles. The van der Waals surface area contributed by atoms with E-state index < -0.39 is 0 Å². The summed E-state index contributed by atoms with van der Waals surface area (Å²) < 4.78 is 0. The van der Waals surface area contributed by atoms with E-state index in [1.165, 1.54) is 0 Å². The molecule has 110 valence electrons. The van der Waals surface area contributed by atoms with Crippen molar-refractivity contribution in [3.8, 4) is 5.75 Å². The minimum absolute atomic E-state index is 0.177. The number of nitrogens with zero attached hydrogens (tertiary/aromatic N) is 2. The van der Waals surface area contributed by atoms with Gasteiger partial charge in [-0.05, 0) is 50.6 Å². The minimum atomic E-state index is 0.177. The van der Waals surface area contributed by atoms with Crippen molar-refractivity contribution in [3.63, 3.8) is 0 Å². The lowest BCUT2D eigenvalue weighted by molar-refractivity contribution is -0.122. The average molecular weight is 284 g/mol. The Hall–Kier alpha value is -1.94. The number of likely N-dealkylation sites (tertiary alicyclic amines) is 1. The Kier molecular flexibility index (Phi) is 3.88. The Bertz CT molecular complexity index is 669. The Labute approximate surface area is 124 Å². The molecular weight excluding hydrogens is 264 g/mol. The fraction of sp³-hybridized carbons (Fsp3) is 0.412. The van der Waals surface area contributed by atoms with Crippen LogP contribution in [-0.2, 0) is 11.3 Å². The lowest BCUT2D eigenvalue weighted by Gasteiger charge is -2.31. The second kappa shape index (κ2) is 5.82. The predicted molar refractivity (Wildman–Crippen MR) is 82.1 cm³/mol. The molecule has 1 aromatic carbocycles. The van der Waals surface area contributed by atoms with Crippen LogP contribution in [0.15, 0.2) is 30.3 Å². The summed E-state index contributed by atoms with van der Waals surface area (Å²) in [6.45, 7) is 4.33. The number of pyridine rings is 1. The minimum Gasteiger partial charge on any atom is -0.508 e. The van der Waals surface area contributed by atoms with E-state index in [0.29, 0.717) is 5.78 Å². The van der Waals surface area contributed by atoms with Gasteiger partial charge in [-0.3, -0.25) is 14.7 Å². The number of benzene rings is 1. The van der Waals surface area contributed by atoms with Gasteiger partial charge in [0.15, 0.2) is 0 Å². The maximum absolute atomic E-state index is 11.5. The van der Waals surface area contributed by atoms with Gasteiger partial charge in [-0.2, -0.15) is 0 Å². The third-order valence-corrected chi connectivity index (χ3v) is 4.20. The normalized spacial score (nSPS) is 19.8. The van der Waals surface area contributed by atoms with Crippen molar-refractivity contribution in [1.82, 2.24) is 9.88 Å². The molecule has 2 aromatic rings. The number of Topliss-reactive ketones (excluding diaryl/α,β-unsaturated/α-hetero) is 1. The summed E-state index contributed by atoms with van der Waals surface area (Å²) in [4.78, 5) is 18.5. The Morgan fingerprint density at radius 3 is 3.05 bits per heavy atom. The number of ketones is 1. The number of carbonyl (C=O) groups excluding carboxylic acids is 1. The van der Waals surface area contributed by atoms with E-state index in [4.69, 9.17) is 0 Å². The fourth-order valence-corrected chi connectivity index (χ4v) is 3.00. The van der Waals surface area contributed by atoms with Crippen LogP contribution in [0.3, 0.4) is 0 Å². The van der Waals surface area contributed by atoms with Crippen molar-refractivity contribution in [3.05, 3.63) is 36.0 Å². The van der Waals surface area contributed by atoms with Crippen LogP contribution in [0.5, 0.6) is 5.75 Å². The van der Waals surface area contributed by atoms with Crippen LogP contribution in [0.25, 0.3) is 10.9 Å². The highest BCUT2D eigenvalue weighted by Gasteiger charge is 2.23. The fourth-order valence-electron chi connectivity index (χ4n) is 3.00. The van der Waals surface area contributed by atoms with Gasteiger partial charge in [-0.25, -0.2) is 0 Å². The van der Waals surface area contributed by atoms with Crippen molar-refractivity contribution in [2.45, 2.75) is 26.3 Å². The molecule has 1 atom stereocenters. The Morgan fingerprint density at radius 1 is 1.38 bits per heavy atom. The number of hydrogen-bond acceptors (Lipinski definition) is 4. The van der Waals surface area contributed by atoms with Gasteiger partial charge in [0.05, 0.1) is 11.2 Å². The smallest absolute Gasteiger partial charge is 0.134 e. The first kappa shape index (κ1) is 14.0. The van der Waals surface area contributed by atoms with Crippen LogP contribution in [0.4, 0.5) is 0 Å². The zero-order valence-corrected chi connectivity index (χ0v) is 12.2. The van der Waals surface area contributed by atoms with E-state index >= 15 is 0 Å². The summed E-state index contributed by atoms with van der Waals surface area (Å²) in [5.41, 5.74) is 1.91. The summed E-state index contributed by atoms with van der Waals surface area (Å²) >= 11 is 0. The molecule has 0 amide bonds. The molecule has 4 nitrogen and oxygen atoms in total. The third-order valence-electron chi connectivity index (χ3n) is 4.20. The monoisotopic (exact) mass is 284 g/mol. The maximum atomic E-state index is 11.5. The Morgan fingerprint density at radius 2 is 2.24 bits per heavy atom. The van der Waals surface area contributed by atoms with Crippen LogP contribution in [0.1, 0.15) is 25.5 Å². The predicted octanol–water partition coefficient (Wildman–Crippen LogP) is 2.74. The van der Waals surface area contributed by atoms with Gasteiger partial charge >= 0.3 is 0 Å². The van der Waals surface area contributed by atoms with Crippen LogP contribution < -0.4 is 0 Å².